The SMILES string of the molecule is C=N.C=c1ccc(C(=NCc2ccc3ccccc3c2)c2ccc3c(c2)C2(c4ccccc4-3)c3ccccc3-c3c2sc(CC)c3/C=C\C)c/c1=C/C=C\C.CC.CN. The molecule has 0 saturated heterocycles. The summed E-state index contributed by atoms with van der Waals surface area (Å²) in [4.78, 5) is 8.36. The quantitative estimate of drug-likeness (QED) is 0.155. The third kappa shape index (κ3) is 7.40. The number of rotatable bonds is 7. The molecule has 9 rings (SSSR count). The van der Waals surface area contributed by atoms with Crippen LogP contribution in [0.3, 0.4) is 0 Å². The average Bonchev–Trinajstić information content (AvgIpc) is 3.91. The maximum atomic E-state index is 5.50. The average molecular weight is 790 g/mol. The molecule has 2 aliphatic carbocycles. The van der Waals surface area contributed by atoms with E-state index in [4.69, 9.17) is 10.4 Å². The van der Waals surface area contributed by atoms with Gasteiger partial charge in [0.15, 0.2) is 0 Å². The van der Waals surface area contributed by atoms with E-state index in [9.17, 15) is 0 Å². The molecule has 1 atom stereocenters. The summed E-state index contributed by atoms with van der Waals surface area (Å²) in [6.45, 7) is 17.9. The zero-order valence-corrected chi connectivity index (χ0v) is 36.1. The Balaban J connectivity index is 0.000000934. The Kier molecular flexibility index (Phi) is 13.7. The lowest BCUT2D eigenvalue weighted by molar-refractivity contribution is 0.811. The van der Waals surface area contributed by atoms with Gasteiger partial charge in [-0.05, 0) is 118 Å². The summed E-state index contributed by atoms with van der Waals surface area (Å²) >= 11 is 2.00. The van der Waals surface area contributed by atoms with Crippen molar-refractivity contribution in [2.24, 2.45) is 10.7 Å². The van der Waals surface area contributed by atoms with E-state index in [0.717, 1.165) is 33.7 Å². The fourth-order valence-corrected chi connectivity index (χ4v) is 10.2. The molecule has 3 N–H and O–H groups in total. The third-order valence-corrected chi connectivity index (χ3v) is 12.5. The molecule has 7 aromatic rings. The van der Waals surface area contributed by atoms with Crippen LogP contribution in [0.4, 0.5) is 0 Å². The molecule has 0 aliphatic heterocycles. The van der Waals surface area contributed by atoms with Crippen molar-refractivity contribution in [1.29, 1.82) is 5.41 Å². The van der Waals surface area contributed by atoms with Crippen molar-refractivity contribution in [1.82, 2.24) is 0 Å². The maximum Gasteiger partial charge on any atom is 0.0819 e. The summed E-state index contributed by atoms with van der Waals surface area (Å²) in [5.41, 5.74) is 19.3. The fraction of sp³-hybridized carbons (Fsp3) is 0.164. The number of nitrogens with one attached hydrogen (secondary N) is 1. The van der Waals surface area contributed by atoms with Crippen LogP contribution in [0.2, 0.25) is 0 Å². The molecule has 1 spiro atoms. The number of nitrogens with two attached hydrogens (primary N) is 1. The maximum absolute atomic E-state index is 5.50. The minimum atomic E-state index is -0.409. The van der Waals surface area contributed by atoms with Gasteiger partial charge in [-0.1, -0.05) is 167 Å². The van der Waals surface area contributed by atoms with Gasteiger partial charge in [-0.15, -0.1) is 11.3 Å². The van der Waals surface area contributed by atoms with Crippen molar-refractivity contribution >= 4 is 53.3 Å². The molecular weight excluding hydrogens is 735 g/mol. The van der Waals surface area contributed by atoms with Crippen LogP contribution in [0, 0.1) is 5.41 Å². The molecule has 0 amide bonds. The van der Waals surface area contributed by atoms with Gasteiger partial charge in [0.2, 0.25) is 0 Å². The zero-order chi connectivity index (χ0) is 42.1. The molecule has 0 fully saturated rings. The minimum absolute atomic E-state index is 0.409. The van der Waals surface area contributed by atoms with Crippen LogP contribution in [0.15, 0.2) is 151 Å². The molecule has 4 heteroatoms. The van der Waals surface area contributed by atoms with Gasteiger partial charge in [-0.3, -0.25) is 4.99 Å². The number of hydrogen-bond acceptors (Lipinski definition) is 4. The summed E-state index contributed by atoms with van der Waals surface area (Å²) in [7, 11) is 1.50. The van der Waals surface area contributed by atoms with Gasteiger partial charge in [0.05, 0.1) is 17.7 Å². The Morgan fingerprint density at radius 2 is 1.34 bits per heavy atom. The summed E-state index contributed by atoms with van der Waals surface area (Å²) in [6.07, 6.45) is 11.8. The topological polar surface area (TPSA) is 62.2 Å². The van der Waals surface area contributed by atoms with E-state index in [1.54, 1.807) is 0 Å². The van der Waals surface area contributed by atoms with Gasteiger partial charge in [0, 0.05) is 26.4 Å². The van der Waals surface area contributed by atoms with Crippen molar-refractivity contribution in [3.63, 3.8) is 0 Å². The fourth-order valence-electron chi connectivity index (χ4n) is 8.69. The highest BCUT2D eigenvalue weighted by molar-refractivity contribution is 7.13. The van der Waals surface area contributed by atoms with E-state index in [-0.39, 0.29) is 0 Å². The second kappa shape index (κ2) is 19.0. The molecule has 59 heavy (non-hydrogen) atoms. The third-order valence-electron chi connectivity index (χ3n) is 11.1. The first-order valence-corrected chi connectivity index (χ1v) is 21.4. The van der Waals surface area contributed by atoms with Crippen molar-refractivity contribution in [3.05, 3.63) is 205 Å². The van der Waals surface area contributed by atoms with Gasteiger partial charge >= 0.3 is 0 Å². The number of allylic oxidation sites excluding steroid dienone is 3. The van der Waals surface area contributed by atoms with E-state index in [1.165, 1.54) is 77.6 Å². The monoisotopic (exact) mass is 789 g/mol. The van der Waals surface area contributed by atoms with E-state index in [2.05, 4.69) is 191 Å². The van der Waals surface area contributed by atoms with Crippen LogP contribution < -0.4 is 16.2 Å². The molecule has 1 unspecified atom stereocenters. The second-order valence-electron chi connectivity index (χ2n) is 14.1. The van der Waals surface area contributed by atoms with Gasteiger partial charge in [0.25, 0.3) is 0 Å². The lowest BCUT2D eigenvalue weighted by Gasteiger charge is -2.29. The van der Waals surface area contributed by atoms with Gasteiger partial charge in [-0.25, -0.2) is 0 Å². The molecular formula is C55H55N3S. The van der Waals surface area contributed by atoms with Crippen molar-refractivity contribution in [2.75, 3.05) is 7.05 Å². The largest absolute Gasteiger partial charge is 0.333 e. The Hall–Kier alpha value is -6.20. The van der Waals surface area contributed by atoms with E-state index >= 15 is 0 Å². The predicted octanol–water partition coefficient (Wildman–Crippen LogP) is 12.5. The highest BCUT2D eigenvalue weighted by atomic mass is 32.1. The van der Waals surface area contributed by atoms with Gasteiger partial charge in [-0.2, -0.15) is 0 Å². The number of aryl methyl sites for hydroxylation is 1. The Morgan fingerprint density at radius 3 is 2.05 bits per heavy atom. The number of aliphatic imine (C=N–C) groups is 1. The van der Waals surface area contributed by atoms with Crippen LogP contribution in [-0.2, 0) is 18.4 Å². The Bertz CT molecular complexity index is 2820. The van der Waals surface area contributed by atoms with Crippen LogP contribution >= 0.6 is 11.3 Å². The normalized spacial score (nSPS) is 14.8. The molecule has 0 bridgehead atoms. The van der Waals surface area contributed by atoms with Crippen molar-refractivity contribution in [2.45, 2.75) is 53.0 Å². The Labute approximate surface area is 354 Å². The first-order valence-electron chi connectivity index (χ1n) is 20.6. The molecule has 0 radical (unpaired) electrons. The van der Waals surface area contributed by atoms with Crippen molar-refractivity contribution in [3.8, 4) is 22.3 Å². The van der Waals surface area contributed by atoms with Gasteiger partial charge in [0.1, 0.15) is 0 Å². The number of hydrogen-bond donors (Lipinski definition) is 2. The highest BCUT2D eigenvalue weighted by Gasteiger charge is 2.53. The van der Waals surface area contributed by atoms with E-state index in [0.29, 0.717) is 6.54 Å². The predicted molar refractivity (Wildman–Crippen MR) is 260 cm³/mol. The summed E-state index contributed by atoms with van der Waals surface area (Å²) in [6, 6.07) is 47.1. The summed E-state index contributed by atoms with van der Waals surface area (Å²) < 4.78 is 0. The molecule has 296 valence electrons. The number of nitrogens with zero attached hydrogens (tertiary/aromatic N) is 1. The number of benzene rings is 6. The molecule has 0 saturated carbocycles. The standard InChI is InChI=1S/C51H41NS.C2H6.CH5N.CH3N/c1-5-8-16-36-30-38(25-23-33(36)4)49(52-32-34-24-26-35-17-9-10-18-37(35)29-34)39-27-28-41-40-19-11-13-21-44(40)51(46(41)31-39)45-22-14-12-20-42(45)48-43(15-6-2)47(7-3)53-50(48)51;3*1-2/h5-6,8-31H,4,7,32H2,1-3H3;1-2H3;2H2,1H3;2H,1H2/b8-5-,15-6-,36-16-,52-49?;;;. The smallest absolute Gasteiger partial charge is 0.0819 e. The second-order valence-corrected chi connectivity index (χ2v) is 15.2. The Morgan fingerprint density at radius 1 is 0.712 bits per heavy atom. The molecule has 1 heterocycles. The molecule has 2 aliphatic rings. The van der Waals surface area contributed by atoms with Crippen LogP contribution in [0.1, 0.15) is 83.3 Å². The van der Waals surface area contributed by atoms with E-state index < -0.39 is 5.41 Å². The molecule has 1 aromatic heterocycles. The first-order chi connectivity index (χ1) is 29.1. The lowest BCUT2D eigenvalue weighted by atomic mass is 9.73. The number of fused-ring (bicyclic) bond motifs is 11. The van der Waals surface area contributed by atoms with E-state index in [1.807, 2.05) is 32.1 Å². The number of thiophene rings is 1. The van der Waals surface area contributed by atoms with Crippen LogP contribution in [-0.4, -0.2) is 19.5 Å². The zero-order valence-electron chi connectivity index (χ0n) is 35.3. The molecule has 3 nitrogen and oxygen atoms in total. The van der Waals surface area contributed by atoms with Crippen LogP contribution in [0.5, 0.6) is 0 Å². The lowest BCUT2D eigenvalue weighted by Crippen LogP contribution is -2.26. The van der Waals surface area contributed by atoms with Crippen LogP contribution in [0.25, 0.3) is 51.8 Å². The first kappa shape index (κ1) is 42.4. The van der Waals surface area contributed by atoms with Crippen molar-refractivity contribution < 1.29 is 0 Å². The van der Waals surface area contributed by atoms with Gasteiger partial charge < -0.3 is 11.1 Å². The summed E-state index contributed by atoms with van der Waals surface area (Å²) in [5.74, 6) is 0. The summed E-state index contributed by atoms with van der Waals surface area (Å²) in [5, 5.41) is 10.1. The highest BCUT2D eigenvalue weighted by Crippen LogP contribution is 2.65. The minimum Gasteiger partial charge on any atom is -0.333 e. The molecule has 6 aromatic carbocycles.